The van der Waals surface area contributed by atoms with E-state index in [1.807, 2.05) is 23.0 Å². The number of nitrogens with zero attached hydrogens (tertiary/aromatic N) is 2. The van der Waals surface area contributed by atoms with E-state index >= 15 is 0 Å². The van der Waals surface area contributed by atoms with Gasteiger partial charge in [0.15, 0.2) is 10.9 Å². The number of nitrogens with one attached hydrogen (secondary N) is 2. The van der Waals surface area contributed by atoms with Gasteiger partial charge in [-0.3, -0.25) is 4.68 Å². The Balaban J connectivity index is 1.68. The second kappa shape index (κ2) is 6.74. The minimum absolute atomic E-state index is 0.511. The molecule has 2 N–H and O–H groups in total. The van der Waals surface area contributed by atoms with Crippen molar-refractivity contribution in [2.24, 2.45) is 0 Å². The van der Waals surface area contributed by atoms with Gasteiger partial charge in [-0.2, -0.15) is 5.10 Å². The zero-order chi connectivity index (χ0) is 15.7. The number of halogens is 3. The molecule has 0 saturated heterocycles. The number of aromatic nitrogens is 2. The zero-order valence-corrected chi connectivity index (χ0v) is 15.4. The highest BCUT2D eigenvalue weighted by atomic mass is 79.9. The smallest absolute Gasteiger partial charge is 0.172 e. The van der Waals surface area contributed by atoms with Crippen LogP contribution in [0.25, 0.3) is 0 Å². The van der Waals surface area contributed by atoms with Crippen LogP contribution >= 0.6 is 51.3 Å². The van der Waals surface area contributed by atoms with Crippen molar-refractivity contribution in [3.05, 3.63) is 44.5 Å². The minimum atomic E-state index is 0.511. The molecule has 116 valence electrons. The number of anilines is 1. The number of benzene rings is 1. The molecule has 1 aliphatic rings. The number of hydrogen-bond acceptors (Lipinski definition) is 2. The van der Waals surface area contributed by atoms with Crippen LogP contribution in [0.1, 0.15) is 18.4 Å². The third kappa shape index (κ3) is 4.13. The molecule has 1 aromatic heterocycles. The molecule has 1 aliphatic carbocycles. The SMILES string of the molecule is S=C(Nc1nn(Cc2ccc(Cl)c(Cl)c2)cc1Br)NC1CC1. The Labute approximate surface area is 152 Å². The summed E-state index contributed by atoms with van der Waals surface area (Å²) in [6.45, 7) is 0.597. The lowest BCUT2D eigenvalue weighted by molar-refractivity contribution is 0.689. The molecular weight excluding hydrogens is 407 g/mol. The van der Waals surface area contributed by atoms with Crippen LogP contribution in [0, 0.1) is 0 Å². The minimum Gasteiger partial charge on any atom is -0.360 e. The Morgan fingerprint density at radius 3 is 2.82 bits per heavy atom. The summed E-state index contributed by atoms with van der Waals surface area (Å²) in [7, 11) is 0. The average molecular weight is 420 g/mol. The van der Waals surface area contributed by atoms with Gasteiger partial charge in [0, 0.05) is 12.2 Å². The molecule has 1 fully saturated rings. The Morgan fingerprint density at radius 2 is 2.14 bits per heavy atom. The van der Waals surface area contributed by atoms with Gasteiger partial charge in [-0.1, -0.05) is 29.3 Å². The summed E-state index contributed by atoms with van der Waals surface area (Å²) >= 11 is 20.7. The standard InChI is InChI=1S/C14H13BrCl2N4S/c15-10-7-21(6-8-1-4-11(16)12(17)5-8)20-13(10)19-14(22)18-9-2-3-9/h1,4-5,7,9H,2-3,6H2,(H2,18,19,20,22). The Hall–Kier alpha value is -0.820. The molecule has 3 rings (SSSR count). The number of rotatable bonds is 4. The van der Waals surface area contributed by atoms with Crippen molar-refractivity contribution in [3.8, 4) is 0 Å². The molecule has 0 bridgehead atoms. The molecule has 4 nitrogen and oxygen atoms in total. The normalized spacial score (nSPS) is 14.0. The van der Waals surface area contributed by atoms with Crippen molar-refractivity contribution >= 4 is 62.3 Å². The van der Waals surface area contributed by atoms with Crippen molar-refractivity contribution in [2.45, 2.75) is 25.4 Å². The summed E-state index contributed by atoms with van der Waals surface area (Å²) in [6, 6.07) is 6.06. The van der Waals surface area contributed by atoms with E-state index in [2.05, 4.69) is 31.7 Å². The summed E-state index contributed by atoms with van der Waals surface area (Å²) in [5.74, 6) is 0.693. The largest absolute Gasteiger partial charge is 0.360 e. The lowest BCUT2D eigenvalue weighted by Crippen LogP contribution is -2.30. The summed E-state index contributed by atoms with van der Waals surface area (Å²) < 4.78 is 2.67. The van der Waals surface area contributed by atoms with E-state index in [-0.39, 0.29) is 0 Å². The molecule has 22 heavy (non-hydrogen) atoms. The first-order chi connectivity index (χ1) is 10.5. The maximum atomic E-state index is 6.03. The molecule has 1 saturated carbocycles. The monoisotopic (exact) mass is 418 g/mol. The Kier molecular flexibility index (Phi) is 4.92. The highest BCUT2D eigenvalue weighted by Crippen LogP contribution is 2.25. The van der Waals surface area contributed by atoms with Crippen molar-refractivity contribution in [1.82, 2.24) is 15.1 Å². The first-order valence-electron chi connectivity index (χ1n) is 6.75. The summed E-state index contributed by atoms with van der Waals surface area (Å²) in [5.41, 5.74) is 1.02. The first kappa shape index (κ1) is 16.1. The van der Waals surface area contributed by atoms with Gasteiger partial charge in [-0.05, 0) is 58.7 Å². The van der Waals surface area contributed by atoms with Gasteiger partial charge < -0.3 is 10.6 Å². The lowest BCUT2D eigenvalue weighted by Gasteiger charge is -2.07. The molecular formula is C14H13BrCl2N4S. The summed E-state index contributed by atoms with van der Waals surface area (Å²) in [6.07, 6.45) is 4.24. The zero-order valence-electron chi connectivity index (χ0n) is 11.4. The fraction of sp³-hybridized carbons (Fsp3) is 0.286. The molecule has 2 aromatic rings. The molecule has 1 aromatic carbocycles. The first-order valence-corrected chi connectivity index (χ1v) is 8.71. The quantitative estimate of drug-likeness (QED) is 0.718. The van der Waals surface area contributed by atoms with Gasteiger partial charge >= 0.3 is 0 Å². The van der Waals surface area contributed by atoms with Crippen LogP contribution in [0.3, 0.4) is 0 Å². The van der Waals surface area contributed by atoms with Gasteiger partial charge in [-0.15, -0.1) is 0 Å². The lowest BCUT2D eigenvalue weighted by atomic mass is 10.2. The van der Waals surface area contributed by atoms with Crippen LogP contribution in [-0.2, 0) is 6.54 Å². The fourth-order valence-electron chi connectivity index (χ4n) is 1.94. The molecule has 0 atom stereocenters. The fourth-order valence-corrected chi connectivity index (χ4v) is 2.94. The highest BCUT2D eigenvalue weighted by Gasteiger charge is 2.22. The second-order valence-electron chi connectivity index (χ2n) is 5.14. The predicted molar refractivity (Wildman–Crippen MR) is 97.9 cm³/mol. The molecule has 0 spiro atoms. The maximum absolute atomic E-state index is 6.03. The maximum Gasteiger partial charge on any atom is 0.172 e. The van der Waals surface area contributed by atoms with E-state index in [0.29, 0.717) is 33.6 Å². The number of hydrogen-bond donors (Lipinski definition) is 2. The van der Waals surface area contributed by atoms with E-state index < -0.39 is 0 Å². The van der Waals surface area contributed by atoms with E-state index in [1.165, 1.54) is 12.8 Å². The van der Waals surface area contributed by atoms with Crippen molar-refractivity contribution in [3.63, 3.8) is 0 Å². The molecule has 0 aliphatic heterocycles. The van der Waals surface area contributed by atoms with Crippen LogP contribution in [0.4, 0.5) is 5.82 Å². The van der Waals surface area contributed by atoms with Crippen molar-refractivity contribution in [1.29, 1.82) is 0 Å². The van der Waals surface area contributed by atoms with Crippen molar-refractivity contribution in [2.75, 3.05) is 5.32 Å². The Morgan fingerprint density at radius 1 is 1.36 bits per heavy atom. The number of thiocarbonyl (C=S) groups is 1. The molecule has 0 amide bonds. The van der Waals surface area contributed by atoms with Gasteiger partial charge in [0.05, 0.1) is 21.1 Å². The summed E-state index contributed by atoms with van der Waals surface area (Å²) in [5, 5.41) is 12.5. The third-order valence-electron chi connectivity index (χ3n) is 3.19. The summed E-state index contributed by atoms with van der Waals surface area (Å²) in [4.78, 5) is 0. The van der Waals surface area contributed by atoms with E-state index in [1.54, 1.807) is 6.07 Å². The van der Waals surface area contributed by atoms with Gasteiger partial charge in [-0.25, -0.2) is 0 Å². The predicted octanol–water partition coefficient (Wildman–Crippen LogP) is 4.45. The van der Waals surface area contributed by atoms with Crippen LogP contribution in [0.5, 0.6) is 0 Å². The second-order valence-corrected chi connectivity index (χ2v) is 7.22. The average Bonchev–Trinajstić information content (AvgIpc) is 3.19. The van der Waals surface area contributed by atoms with Gasteiger partial charge in [0.1, 0.15) is 0 Å². The van der Waals surface area contributed by atoms with E-state index in [0.717, 1.165) is 10.0 Å². The van der Waals surface area contributed by atoms with Crippen LogP contribution < -0.4 is 10.6 Å². The molecule has 1 heterocycles. The van der Waals surface area contributed by atoms with E-state index in [4.69, 9.17) is 35.4 Å². The highest BCUT2D eigenvalue weighted by molar-refractivity contribution is 9.10. The van der Waals surface area contributed by atoms with Crippen LogP contribution in [0.2, 0.25) is 10.0 Å². The van der Waals surface area contributed by atoms with Gasteiger partial charge in [0.25, 0.3) is 0 Å². The van der Waals surface area contributed by atoms with E-state index in [9.17, 15) is 0 Å². The van der Waals surface area contributed by atoms with Crippen LogP contribution in [-0.4, -0.2) is 20.9 Å². The molecule has 0 unspecified atom stereocenters. The van der Waals surface area contributed by atoms with Gasteiger partial charge in [0.2, 0.25) is 0 Å². The third-order valence-corrected chi connectivity index (χ3v) is 4.73. The Bertz CT molecular complexity index is 715. The molecule has 0 radical (unpaired) electrons. The topological polar surface area (TPSA) is 41.9 Å². The van der Waals surface area contributed by atoms with Crippen LogP contribution in [0.15, 0.2) is 28.9 Å². The molecule has 8 heteroatoms. The van der Waals surface area contributed by atoms with Crippen molar-refractivity contribution < 1.29 is 0 Å².